The van der Waals surface area contributed by atoms with Crippen LogP contribution >= 0.6 is 0 Å². The number of ketones is 3. The van der Waals surface area contributed by atoms with Gasteiger partial charge in [-0.15, -0.1) is 5.10 Å². The van der Waals surface area contributed by atoms with Crippen LogP contribution in [-0.4, -0.2) is 125 Å². The monoisotopic (exact) mass is 1250 g/mol. The lowest BCUT2D eigenvalue weighted by Gasteiger charge is -2.34. The lowest BCUT2D eigenvalue weighted by molar-refractivity contribution is -0.138. The molecule has 0 radical (unpaired) electrons. The Morgan fingerprint density at radius 2 is 1.47 bits per heavy atom. The highest BCUT2D eigenvalue weighted by atomic mass is 16.3. The van der Waals surface area contributed by atoms with Gasteiger partial charge in [0.25, 0.3) is 0 Å². The summed E-state index contributed by atoms with van der Waals surface area (Å²) < 4.78 is 1.76. The van der Waals surface area contributed by atoms with E-state index in [4.69, 9.17) is 5.73 Å². The number of aryl methyl sites for hydroxylation is 2. The lowest BCUT2D eigenvalue weighted by Crippen LogP contribution is -2.62. The van der Waals surface area contributed by atoms with Crippen LogP contribution < -0.4 is 37.6 Å². The van der Waals surface area contributed by atoms with Gasteiger partial charge in [0.1, 0.15) is 30.0 Å². The fourth-order valence-electron chi connectivity index (χ4n) is 12.0. The zero-order chi connectivity index (χ0) is 66.3. The van der Waals surface area contributed by atoms with Crippen molar-refractivity contribution in [3.05, 3.63) is 83.8 Å². The number of H-pyrrole nitrogens is 1. The normalized spacial score (nSPS) is 21.4. The summed E-state index contributed by atoms with van der Waals surface area (Å²) in [6.45, 7) is 17.6. The van der Waals surface area contributed by atoms with Crippen LogP contribution in [0.1, 0.15) is 189 Å². The minimum Gasteiger partial charge on any atom is -0.391 e. The second-order valence-corrected chi connectivity index (χ2v) is 26.3. The van der Waals surface area contributed by atoms with Gasteiger partial charge in [0.2, 0.25) is 41.4 Å². The van der Waals surface area contributed by atoms with Gasteiger partial charge in [-0.05, 0) is 127 Å². The molecule has 0 spiro atoms. The number of nitrogens with zero attached hydrogens (tertiary/aromatic N) is 3. The molecule has 1 unspecified atom stereocenters. The van der Waals surface area contributed by atoms with E-state index >= 15 is 14.4 Å². The first-order chi connectivity index (χ1) is 42.6. The Labute approximate surface area is 530 Å². The van der Waals surface area contributed by atoms with E-state index in [0.717, 1.165) is 22.9 Å². The number of nitrogens with one attached hydrogen (secondary N) is 7. The van der Waals surface area contributed by atoms with Crippen molar-refractivity contribution in [1.82, 2.24) is 51.9 Å². The highest BCUT2D eigenvalue weighted by Crippen LogP contribution is 2.31. The predicted octanol–water partition coefficient (Wildman–Crippen LogP) is 6.53. The first-order valence-electron chi connectivity index (χ1n) is 32.5. The van der Waals surface area contributed by atoms with Crippen LogP contribution in [0.25, 0.3) is 10.9 Å². The molecule has 1 aliphatic rings. The number of aromatic amines is 1. The van der Waals surface area contributed by atoms with Gasteiger partial charge in [0, 0.05) is 80.2 Å². The number of hydrogen-bond donors (Lipinski definition) is 9. The lowest BCUT2D eigenvalue weighted by atomic mass is 9.79. The standard InChI is InChI=1S/C68H101N11O11/c1-11-22-48(62(86)71-44(6)61(69)85)29-31-58(83)67(9)33-21-25-52-41-79(78-77-52)34-20-13-12-19-32-68(10,59(84)39-50(38-51-40-70-54-27-18-17-26-53(51)54)57(82)30-28-49(35-42(2)3)63(87)75-67)76-65(89)56(37-47-23-15-14-16-24-47)73-66(90)60(45(7)80)74-64(88)55(36-43(4)5)72-46(8)81/h14-18,23-24,26-27,40-45,48-50,55-56,60,70,80H,11-13,19-22,25,28-39H2,1-10H3,(H2,69,85)(H,71,86)(H,72,81)(H,73,90)(H,74,88)(H,75,87)(H,76,89)/t44?,45-,48-,49+,50-,55+,56+,60+,67+,68-/m1/s1. The number of benzene rings is 2. The molecule has 4 aromatic rings. The number of Topliss-reactive ketones (excluding diaryl/α,β-unsaturated/α-hetero) is 3. The number of aromatic nitrogens is 4. The SMILES string of the molecule is CCC[C@H](CCC(=O)[C@]1(C)CCCc2cn(nn2)CCCCCC[C@@](C)(NC(=O)[C@H](Cc2ccccc2)NC(=O)[C@@H](NC(=O)[C@H](CC(C)C)NC(C)=O)[C@@H](C)O)C(=O)C[C@@H](Cc2c[nH]c3ccccc23)C(=O)CC[C@@H](CC(C)C)C(=O)N1)C(=O)NC(C)C(N)=O. The Hall–Kier alpha value is -7.62. The summed E-state index contributed by atoms with van der Waals surface area (Å²) in [5.74, 6) is -7.48. The van der Waals surface area contributed by atoms with Gasteiger partial charge in [-0.1, -0.05) is 114 Å². The third-order valence-electron chi connectivity index (χ3n) is 17.3. The van der Waals surface area contributed by atoms with Gasteiger partial charge in [-0.25, -0.2) is 0 Å². The number of carbonyl (C=O) groups excluding carboxylic acids is 10. The number of fused-ring (bicyclic) bond motifs is 3. The second kappa shape index (κ2) is 35.1. The van der Waals surface area contributed by atoms with Crippen LogP contribution in [0.4, 0.5) is 0 Å². The van der Waals surface area contributed by atoms with Gasteiger partial charge >= 0.3 is 0 Å². The maximum Gasteiger partial charge on any atom is 0.245 e. The molecule has 10 N–H and O–H groups in total. The van der Waals surface area contributed by atoms with E-state index in [2.05, 4.69) is 47.2 Å². The summed E-state index contributed by atoms with van der Waals surface area (Å²) in [6, 6.07) is 11.7. The van der Waals surface area contributed by atoms with Crippen LogP contribution in [0, 0.1) is 29.6 Å². The summed E-state index contributed by atoms with van der Waals surface area (Å²) in [4.78, 5) is 144. The van der Waals surface area contributed by atoms with Gasteiger partial charge in [-0.2, -0.15) is 0 Å². The topological polar surface area (TPSA) is 336 Å². The van der Waals surface area contributed by atoms with E-state index in [-0.39, 0.29) is 93.5 Å². The highest BCUT2D eigenvalue weighted by Gasteiger charge is 2.41. The maximum atomic E-state index is 15.5. The van der Waals surface area contributed by atoms with Crippen molar-refractivity contribution < 1.29 is 53.1 Å². The van der Waals surface area contributed by atoms with Gasteiger partial charge in [-0.3, -0.25) is 52.6 Å². The highest BCUT2D eigenvalue weighted by molar-refractivity contribution is 5.99. The van der Waals surface area contributed by atoms with E-state index in [9.17, 15) is 38.7 Å². The molecule has 2 aromatic carbocycles. The summed E-state index contributed by atoms with van der Waals surface area (Å²) in [6.07, 6.45) is 7.76. The first-order valence-corrected chi connectivity index (χ1v) is 32.5. The molecule has 5 rings (SSSR count). The van der Waals surface area contributed by atoms with E-state index in [1.165, 1.54) is 20.8 Å². The summed E-state index contributed by atoms with van der Waals surface area (Å²) in [5.41, 5.74) is 5.45. The molecular weight excluding hydrogens is 1150 g/mol. The summed E-state index contributed by atoms with van der Waals surface area (Å²) in [7, 11) is 0. The Morgan fingerprint density at radius 1 is 0.767 bits per heavy atom. The van der Waals surface area contributed by atoms with Crippen LogP contribution in [0.15, 0.2) is 67.0 Å². The average molecular weight is 1250 g/mol. The molecule has 7 amide bonds. The molecule has 0 aliphatic carbocycles. The van der Waals surface area contributed by atoms with Crippen LogP contribution in [-0.2, 0) is 73.8 Å². The largest absolute Gasteiger partial charge is 0.391 e. The van der Waals surface area contributed by atoms with Crippen molar-refractivity contribution >= 4 is 69.6 Å². The molecular formula is C68H101N11O11. The number of aliphatic hydroxyl groups excluding tert-OH is 1. The molecule has 0 fully saturated rings. The van der Waals surface area contributed by atoms with E-state index in [1.54, 1.807) is 48.9 Å². The molecule has 10 atom stereocenters. The number of aliphatic hydroxyl groups is 1. The van der Waals surface area contributed by atoms with Crippen LogP contribution in [0.5, 0.6) is 0 Å². The van der Waals surface area contributed by atoms with Crippen molar-refractivity contribution in [3.63, 3.8) is 0 Å². The Balaban J connectivity index is 1.51. The quantitative estimate of drug-likeness (QED) is 0.0341. The number of nitrogens with two attached hydrogens (primary N) is 1. The van der Waals surface area contributed by atoms with E-state index in [1.807, 2.05) is 71.3 Å². The molecule has 2 aromatic heterocycles. The van der Waals surface area contributed by atoms with Crippen molar-refractivity contribution in [1.29, 1.82) is 0 Å². The minimum absolute atomic E-state index is 0.00335. The van der Waals surface area contributed by atoms with E-state index < -0.39 is 100 Å². The first kappa shape index (κ1) is 73.1. The van der Waals surface area contributed by atoms with Gasteiger partial charge in [0.05, 0.1) is 22.9 Å². The van der Waals surface area contributed by atoms with Gasteiger partial charge < -0.3 is 47.7 Å². The predicted molar refractivity (Wildman–Crippen MR) is 344 cm³/mol. The number of amides is 7. The molecule has 0 saturated heterocycles. The number of rotatable bonds is 25. The average Bonchev–Trinajstić information content (AvgIpc) is 1.47. The Bertz CT molecular complexity index is 3070. The van der Waals surface area contributed by atoms with Crippen LogP contribution in [0.3, 0.4) is 0 Å². The number of hydrogen-bond acceptors (Lipinski definition) is 13. The summed E-state index contributed by atoms with van der Waals surface area (Å²) in [5, 5.41) is 37.5. The van der Waals surface area contributed by atoms with E-state index in [0.29, 0.717) is 69.2 Å². The molecule has 90 heavy (non-hydrogen) atoms. The number of para-hydroxylation sites is 1. The zero-order valence-electron chi connectivity index (χ0n) is 54.7. The molecule has 494 valence electrons. The maximum absolute atomic E-state index is 15.5. The smallest absolute Gasteiger partial charge is 0.245 e. The Morgan fingerprint density at radius 3 is 2.13 bits per heavy atom. The third-order valence-corrected chi connectivity index (χ3v) is 17.3. The van der Waals surface area contributed by atoms with Crippen molar-refractivity contribution in [2.45, 2.75) is 239 Å². The third kappa shape index (κ3) is 22.7. The van der Waals surface area contributed by atoms with Crippen LogP contribution in [0.2, 0.25) is 0 Å². The van der Waals surface area contributed by atoms with Crippen molar-refractivity contribution in [2.75, 3.05) is 0 Å². The molecule has 22 heteroatoms. The number of primary amides is 1. The van der Waals surface area contributed by atoms with Gasteiger partial charge in [0.15, 0.2) is 11.6 Å². The fraction of sp³-hybridized carbons (Fsp3) is 0.618. The Kier molecular flexibility index (Phi) is 28.5. The molecule has 0 saturated carbocycles. The number of carbonyl (C=O) groups is 10. The fourth-order valence-corrected chi connectivity index (χ4v) is 12.0. The van der Waals surface area contributed by atoms with Crippen molar-refractivity contribution in [2.24, 2.45) is 35.3 Å². The summed E-state index contributed by atoms with van der Waals surface area (Å²) >= 11 is 0. The molecule has 2 bridgehead atoms. The van der Waals surface area contributed by atoms with Crippen molar-refractivity contribution in [3.8, 4) is 0 Å². The molecule has 1 aliphatic heterocycles. The minimum atomic E-state index is -1.61. The molecule has 3 heterocycles. The zero-order valence-corrected chi connectivity index (χ0v) is 54.7. The second-order valence-electron chi connectivity index (χ2n) is 26.3. The molecule has 22 nitrogen and oxygen atoms in total.